The molecular formula is C15H29N3O2. The van der Waals surface area contributed by atoms with Crippen LogP contribution in [0.25, 0.3) is 0 Å². The lowest BCUT2D eigenvalue weighted by Gasteiger charge is -2.40. The third-order valence-corrected chi connectivity index (χ3v) is 4.63. The monoisotopic (exact) mass is 283 g/mol. The first-order valence-electron chi connectivity index (χ1n) is 7.59. The highest BCUT2D eigenvalue weighted by Crippen LogP contribution is 2.33. The Hall–Kier alpha value is -0.650. The highest BCUT2D eigenvalue weighted by molar-refractivity contribution is 5.83. The SMILES string of the molecule is CN(C)C[C@]1(O)CCN(C(=O)[C@@]2(C)CCCN(C)C2)C1. The molecule has 20 heavy (non-hydrogen) atoms. The Morgan fingerprint density at radius 1 is 1.25 bits per heavy atom. The van der Waals surface area contributed by atoms with Crippen LogP contribution in [0.4, 0.5) is 0 Å². The molecule has 0 unspecified atom stereocenters. The lowest BCUT2D eigenvalue weighted by Crippen LogP contribution is -2.51. The van der Waals surface area contributed by atoms with Crippen molar-refractivity contribution >= 4 is 5.91 Å². The van der Waals surface area contributed by atoms with Gasteiger partial charge in [0.25, 0.3) is 0 Å². The van der Waals surface area contributed by atoms with E-state index in [9.17, 15) is 9.90 Å². The lowest BCUT2D eigenvalue weighted by atomic mass is 9.80. The predicted molar refractivity (Wildman–Crippen MR) is 79.5 cm³/mol. The van der Waals surface area contributed by atoms with E-state index in [4.69, 9.17) is 0 Å². The number of nitrogens with zero attached hydrogens (tertiary/aromatic N) is 3. The summed E-state index contributed by atoms with van der Waals surface area (Å²) in [6.07, 6.45) is 2.72. The first-order chi connectivity index (χ1) is 9.24. The van der Waals surface area contributed by atoms with Crippen LogP contribution in [0, 0.1) is 5.41 Å². The van der Waals surface area contributed by atoms with Crippen molar-refractivity contribution in [2.75, 3.05) is 53.9 Å². The maximum Gasteiger partial charge on any atom is 0.229 e. The molecule has 2 saturated heterocycles. The molecule has 2 atom stereocenters. The minimum absolute atomic E-state index is 0.221. The van der Waals surface area contributed by atoms with Gasteiger partial charge in [-0.3, -0.25) is 4.79 Å². The van der Waals surface area contributed by atoms with Crippen molar-refractivity contribution in [1.29, 1.82) is 0 Å². The molecule has 0 aliphatic carbocycles. The molecule has 2 rings (SSSR count). The Kier molecular flexibility index (Phi) is 4.42. The second kappa shape index (κ2) is 5.62. The standard InChI is InChI=1S/C15H29N3O2/c1-14(6-5-8-17(4)10-14)13(19)18-9-7-15(20,12-18)11-16(2)3/h20H,5-12H2,1-4H3/t14-,15+/m0/s1. The van der Waals surface area contributed by atoms with E-state index in [0.29, 0.717) is 26.1 Å². The van der Waals surface area contributed by atoms with Gasteiger partial charge in [0.05, 0.1) is 17.6 Å². The highest BCUT2D eigenvalue weighted by Gasteiger charge is 2.45. The van der Waals surface area contributed by atoms with Gasteiger partial charge < -0.3 is 19.8 Å². The smallest absolute Gasteiger partial charge is 0.229 e. The van der Waals surface area contributed by atoms with Crippen LogP contribution in [0.2, 0.25) is 0 Å². The zero-order valence-corrected chi connectivity index (χ0v) is 13.4. The number of hydrogen-bond acceptors (Lipinski definition) is 4. The number of rotatable bonds is 3. The van der Waals surface area contributed by atoms with Crippen LogP contribution in [0.15, 0.2) is 0 Å². The first kappa shape index (κ1) is 15.7. The summed E-state index contributed by atoms with van der Waals surface area (Å²) in [5.41, 5.74) is -1.02. The van der Waals surface area contributed by atoms with Gasteiger partial charge in [0.15, 0.2) is 0 Å². The maximum atomic E-state index is 12.8. The Morgan fingerprint density at radius 3 is 2.55 bits per heavy atom. The topological polar surface area (TPSA) is 47.0 Å². The van der Waals surface area contributed by atoms with E-state index in [-0.39, 0.29) is 11.3 Å². The van der Waals surface area contributed by atoms with Crippen molar-refractivity contribution in [2.45, 2.75) is 31.8 Å². The summed E-state index contributed by atoms with van der Waals surface area (Å²) in [6, 6.07) is 0. The second-order valence-electron chi connectivity index (χ2n) is 7.34. The van der Waals surface area contributed by atoms with Crippen LogP contribution < -0.4 is 0 Å². The Labute approximate surface area is 122 Å². The number of aliphatic hydroxyl groups is 1. The van der Waals surface area contributed by atoms with E-state index < -0.39 is 5.60 Å². The van der Waals surface area contributed by atoms with Gasteiger partial charge in [0.1, 0.15) is 0 Å². The fourth-order valence-electron chi connectivity index (χ4n) is 3.80. The number of β-amino-alcohol motifs (C(OH)–C–C–N with tert-alkyl or cyclic N) is 1. The van der Waals surface area contributed by atoms with Gasteiger partial charge in [-0.2, -0.15) is 0 Å². The van der Waals surface area contributed by atoms with E-state index in [1.807, 2.05) is 23.9 Å². The molecular weight excluding hydrogens is 254 g/mol. The Balaban J connectivity index is 2.00. The number of likely N-dealkylation sites (N-methyl/N-ethyl adjacent to an activating group) is 1. The molecule has 5 heteroatoms. The molecule has 0 radical (unpaired) electrons. The molecule has 2 aliphatic heterocycles. The van der Waals surface area contributed by atoms with Gasteiger partial charge in [0, 0.05) is 19.6 Å². The molecule has 1 amide bonds. The maximum absolute atomic E-state index is 12.8. The second-order valence-corrected chi connectivity index (χ2v) is 7.34. The average molecular weight is 283 g/mol. The number of piperidine rings is 1. The summed E-state index contributed by atoms with van der Waals surface area (Å²) in [4.78, 5) is 18.9. The van der Waals surface area contributed by atoms with Gasteiger partial charge in [-0.15, -0.1) is 0 Å². The summed E-state index contributed by atoms with van der Waals surface area (Å²) in [6.45, 7) is 5.76. The molecule has 0 saturated carbocycles. The molecule has 2 heterocycles. The normalized spacial score (nSPS) is 35.8. The lowest BCUT2D eigenvalue weighted by molar-refractivity contribution is -0.144. The van der Waals surface area contributed by atoms with E-state index in [1.165, 1.54) is 0 Å². The zero-order valence-electron chi connectivity index (χ0n) is 13.4. The molecule has 2 aliphatic rings. The summed E-state index contributed by atoms with van der Waals surface area (Å²) >= 11 is 0. The highest BCUT2D eigenvalue weighted by atomic mass is 16.3. The van der Waals surface area contributed by atoms with Crippen molar-refractivity contribution in [3.05, 3.63) is 0 Å². The van der Waals surface area contributed by atoms with Crippen LogP contribution in [0.1, 0.15) is 26.2 Å². The molecule has 0 aromatic rings. The van der Waals surface area contributed by atoms with Crippen molar-refractivity contribution in [3.8, 4) is 0 Å². The van der Waals surface area contributed by atoms with Crippen LogP contribution in [-0.4, -0.2) is 85.2 Å². The molecule has 0 aromatic heterocycles. The fraction of sp³-hybridized carbons (Fsp3) is 0.933. The number of carbonyl (C=O) groups excluding carboxylic acids is 1. The number of amides is 1. The first-order valence-corrected chi connectivity index (χ1v) is 7.59. The Bertz CT molecular complexity index is 374. The molecule has 2 fully saturated rings. The van der Waals surface area contributed by atoms with Crippen LogP contribution in [0.5, 0.6) is 0 Å². The van der Waals surface area contributed by atoms with E-state index in [0.717, 1.165) is 25.9 Å². The quantitative estimate of drug-likeness (QED) is 0.806. The molecule has 5 nitrogen and oxygen atoms in total. The minimum Gasteiger partial charge on any atom is -0.387 e. The van der Waals surface area contributed by atoms with Gasteiger partial charge in [-0.1, -0.05) is 0 Å². The molecule has 0 bridgehead atoms. The van der Waals surface area contributed by atoms with Crippen molar-refractivity contribution in [2.24, 2.45) is 5.41 Å². The van der Waals surface area contributed by atoms with E-state index >= 15 is 0 Å². The zero-order chi connectivity index (χ0) is 15.0. The summed E-state index contributed by atoms with van der Waals surface area (Å²) in [5, 5.41) is 10.6. The van der Waals surface area contributed by atoms with Gasteiger partial charge in [-0.05, 0) is 53.9 Å². The predicted octanol–water partition coefficient (Wildman–Crippen LogP) is 0.243. The third kappa shape index (κ3) is 3.32. The molecule has 1 N–H and O–H groups in total. The van der Waals surface area contributed by atoms with Crippen molar-refractivity contribution < 1.29 is 9.90 Å². The van der Waals surface area contributed by atoms with Crippen LogP contribution in [-0.2, 0) is 4.79 Å². The number of carbonyl (C=O) groups is 1. The molecule has 0 aromatic carbocycles. The summed E-state index contributed by atoms with van der Waals surface area (Å²) < 4.78 is 0. The minimum atomic E-state index is -0.740. The van der Waals surface area contributed by atoms with Crippen molar-refractivity contribution in [3.63, 3.8) is 0 Å². The van der Waals surface area contributed by atoms with Gasteiger partial charge >= 0.3 is 0 Å². The summed E-state index contributed by atoms with van der Waals surface area (Å²) in [5.74, 6) is 0.221. The van der Waals surface area contributed by atoms with Gasteiger partial charge in [-0.25, -0.2) is 0 Å². The summed E-state index contributed by atoms with van der Waals surface area (Å²) in [7, 11) is 6.00. The van der Waals surface area contributed by atoms with Gasteiger partial charge in [0.2, 0.25) is 5.91 Å². The fourth-order valence-corrected chi connectivity index (χ4v) is 3.80. The molecule has 116 valence electrons. The van der Waals surface area contributed by atoms with E-state index in [2.05, 4.69) is 18.9 Å². The third-order valence-electron chi connectivity index (χ3n) is 4.63. The van der Waals surface area contributed by atoms with Crippen LogP contribution in [0.3, 0.4) is 0 Å². The van der Waals surface area contributed by atoms with Crippen LogP contribution >= 0.6 is 0 Å². The average Bonchev–Trinajstić information content (AvgIpc) is 2.69. The van der Waals surface area contributed by atoms with E-state index in [1.54, 1.807) is 0 Å². The number of hydrogen-bond donors (Lipinski definition) is 1. The largest absolute Gasteiger partial charge is 0.387 e. The number of likely N-dealkylation sites (tertiary alicyclic amines) is 2. The van der Waals surface area contributed by atoms with Crippen molar-refractivity contribution in [1.82, 2.24) is 14.7 Å². The molecule has 0 spiro atoms. The Morgan fingerprint density at radius 2 is 1.95 bits per heavy atom.